The lowest BCUT2D eigenvalue weighted by Crippen LogP contribution is -2.27. The Morgan fingerprint density at radius 2 is 1.81 bits per heavy atom. The van der Waals surface area contributed by atoms with E-state index in [9.17, 15) is 13.2 Å². The van der Waals surface area contributed by atoms with Gasteiger partial charge >= 0.3 is 6.18 Å². The first-order valence-electron chi connectivity index (χ1n) is 6.95. The van der Waals surface area contributed by atoms with Gasteiger partial charge in [-0.1, -0.05) is 22.0 Å². The first kappa shape index (κ1) is 18.3. The van der Waals surface area contributed by atoms with Gasteiger partial charge in [-0.25, -0.2) is 0 Å². The van der Waals surface area contributed by atoms with Gasteiger partial charge in [-0.05, 0) is 51.7 Å². The van der Waals surface area contributed by atoms with Gasteiger partial charge in [-0.15, -0.1) is 0 Å². The van der Waals surface area contributed by atoms with Crippen molar-refractivity contribution >= 4 is 21.6 Å². The predicted molar refractivity (Wildman–Crippen MR) is 85.1 cm³/mol. The van der Waals surface area contributed by atoms with E-state index in [1.54, 1.807) is 12.1 Å². The second kappa shape index (κ2) is 8.03. The molecule has 120 valence electrons. The fraction of sp³-hybridized carbons (Fsp3) is 0.600. The highest BCUT2D eigenvalue weighted by Crippen LogP contribution is 2.35. The number of benzene rings is 1. The van der Waals surface area contributed by atoms with Crippen molar-refractivity contribution in [3.8, 4) is 0 Å². The molecule has 0 aliphatic carbocycles. The molecule has 0 atom stereocenters. The van der Waals surface area contributed by atoms with Crippen LogP contribution in [-0.2, 0) is 11.5 Å². The summed E-state index contributed by atoms with van der Waals surface area (Å²) in [6, 6.07) is 4.59. The Balaban J connectivity index is 2.95. The van der Waals surface area contributed by atoms with Crippen molar-refractivity contribution in [2.75, 3.05) is 38.6 Å². The van der Waals surface area contributed by atoms with Gasteiger partial charge in [0.15, 0.2) is 0 Å². The van der Waals surface area contributed by atoms with E-state index in [4.69, 9.17) is 0 Å². The van der Waals surface area contributed by atoms with E-state index in [0.717, 1.165) is 19.5 Å². The molecule has 0 aromatic heterocycles. The maximum Gasteiger partial charge on any atom is 0.416 e. The molecule has 0 spiro atoms. The average molecular weight is 367 g/mol. The third-order valence-electron chi connectivity index (χ3n) is 3.32. The first-order valence-corrected chi connectivity index (χ1v) is 8.07. The number of rotatable bonds is 7. The molecular formula is C15H22BrF3N2. The van der Waals surface area contributed by atoms with Gasteiger partial charge < -0.3 is 9.80 Å². The van der Waals surface area contributed by atoms with Crippen LogP contribution in [-0.4, -0.2) is 38.6 Å². The van der Waals surface area contributed by atoms with E-state index < -0.39 is 11.7 Å². The van der Waals surface area contributed by atoms with Gasteiger partial charge in [0.2, 0.25) is 0 Å². The normalized spacial score (nSPS) is 12.0. The smallest absolute Gasteiger partial charge is 0.372 e. The molecular weight excluding hydrogens is 345 g/mol. The maximum absolute atomic E-state index is 13.1. The average Bonchev–Trinajstić information content (AvgIpc) is 2.41. The highest BCUT2D eigenvalue weighted by atomic mass is 79.9. The number of nitrogens with zero attached hydrogens (tertiary/aromatic N) is 2. The number of halogens is 4. The van der Waals surface area contributed by atoms with Crippen LogP contribution in [0, 0.1) is 0 Å². The van der Waals surface area contributed by atoms with Crippen LogP contribution in [0.1, 0.15) is 24.5 Å². The van der Waals surface area contributed by atoms with Crippen molar-refractivity contribution in [2.24, 2.45) is 0 Å². The van der Waals surface area contributed by atoms with Crippen molar-refractivity contribution in [3.05, 3.63) is 29.3 Å². The van der Waals surface area contributed by atoms with Crippen LogP contribution >= 0.6 is 15.9 Å². The fourth-order valence-electron chi connectivity index (χ4n) is 2.19. The summed E-state index contributed by atoms with van der Waals surface area (Å²) in [5.74, 6) is 0. The number of anilines is 1. The van der Waals surface area contributed by atoms with Gasteiger partial charge in [0.05, 0.1) is 5.56 Å². The minimum atomic E-state index is -4.32. The lowest BCUT2D eigenvalue weighted by Gasteiger charge is -2.25. The van der Waals surface area contributed by atoms with Crippen LogP contribution in [0.25, 0.3) is 0 Å². The summed E-state index contributed by atoms with van der Waals surface area (Å²) in [6.45, 7) is 4.32. The van der Waals surface area contributed by atoms with Crippen molar-refractivity contribution in [3.63, 3.8) is 0 Å². The first-order chi connectivity index (χ1) is 9.79. The molecule has 0 saturated carbocycles. The fourth-order valence-corrected chi connectivity index (χ4v) is 2.68. The zero-order valence-electron chi connectivity index (χ0n) is 12.7. The van der Waals surface area contributed by atoms with Crippen molar-refractivity contribution in [1.29, 1.82) is 0 Å². The Morgan fingerprint density at radius 1 is 1.14 bits per heavy atom. The molecule has 0 aliphatic heterocycles. The molecule has 1 aromatic rings. The molecule has 1 rings (SSSR count). The van der Waals surface area contributed by atoms with Crippen LogP contribution in [0.4, 0.5) is 18.9 Å². The van der Waals surface area contributed by atoms with E-state index in [1.807, 2.05) is 25.9 Å². The Hall–Kier alpha value is -0.750. The van der Waals surface area contributed by atoms with Crippen molar-refractivity contribution in [2.45, 2.75) is 24.9 Å². The summed E-state index contributed by atoms with van der Waals surface area (Å²) < 4.78 is 39.3. The predicted octanol–water partition coefficient (Wildman–Crippen LogP) is 4.38. The standard InChI is InChI=1S/C15H22BrF3N2/c1-4-21(9-5-8-20(2)3)13-7-6-12(11-16)14(10-13)15(17,18)19/h6-7,10H,4-5,8-9,11H2,1-3H3. The molecule has 0 bridgehead atoms. The van der Waals surface area contributed by atoms with E-state index in [1.165, 1.54) is 6.07 Å². The summed E-state index contributed by atoms with van der Waals surface area (Å²) >= 11 is 3.12. The van der Waals surface area contributed by atoms with Crippen LogP contribution in [0.5, 0.6) is 0 Å². The molecule has 0 N–H and O–H groups in total. The topological polar surface area (TPSA) is 6.48 Å². The van der Waals surface area contributed by atoms with Crippen LogP contribution < -0.4 is 4.90 Å². The highest BCUT2D eigenvalue weighted by molar-refractivity contribution is 9.08. The van der Waals surface area contributed by atoms with E-state index in [-0.39, 0.29) is 10.9 Å². The molecule has 0 fully saturated rings. The zero-order valence-corrected chi connectivity index (χ0v) is 14.3. The SMILES string of the molecule is CCN(CCCN(C)C)c1ccc(CBr)c(C(F)(F)F)c1. The highest BCUT2D eigenvalue weighted by Gasteiger charge is 2.33. The van der Waals surface area contributed by atoms with Gasteiger partial charge in [0, 0.05) is 24.1 Å². The quantitative estimate of drug-likeness (QED) is 0.660. The van der Waals surface area contributed by atoms with Gasteiger partial charge in [0.1, 0.15) is 0 Å². The third kappa shape index (κ3) is 5.51. The van der Waals surface area contributed by atoms with E-state index >= 15 is 0 Å². The molecule has 0 radical (unpaired) electrons. The van der Waals surface area contributed by atoms with Gasteiger partial charge in [0.25, 0.3) is 0 Å². The maximum atomic E-state index is 13.1. The number of alkyl halides is 4. The van der Waals surface area contributed by atoms with Crippen LogP contribution in [0.2, 0.25) is 0 Å². The Morgan fingerprint density at radius 3 is 2.29 bits per heavy atom. The van der Waals surface area contributed by atoms with Crippen LogP contribution in [0.15, 0.2) is 18.2 Å². The molecule has 0 unspecified atom stereocenters. The Bertz CT molecular complexity index is 447. The summed E-state index contributed by atoms with van der Waals surface area (Å²) in [7, 11) is 3.98. The van der Waals surface area contributed by atoms with Gasteiger partial charge in [-0.2, -0.15) is 13.2 Å². The largest absolute Gasteiger partial charge is 0.416 e. The lowest BCUT2D eigenvalue weighted by molar-refractivity contribution is -0.138. The third-order valence-corrected chi connectivity index (χ3v) is 3.93. The summed E-state index contributed by atoms with van der Waals surface area (Å²) in [5, 5.41) is 0.203. The second-order valence-electron chi connectivity index (χ2n) is 5.21. The molecule has 2 nitrogen and oxygen atoms in total. The lowest BCUT2D eigenvalue weighted by atomic mass is 10.1. The molecule has 1 aromatic carbocycles. The van der Waals surface area contributed by atoms with Gasteiger partial charge in [-0.3, -0.25) is 0 Å². The number of hydrogen-bond acceptors (Lipinski definition) is 2. The summed E-state index contributed by atoms with van der Waals surface area (Å²) in [6.07, 6.45) is -3.40. The summed E-state index contributed by atoms with van der Waals surface area (Å²) in [4.78, 5) is 4.06. The summed E-state index contributed by atoms with van der Waals surface area (Å²) in [5.41, 5.74) is 0.354. The molecule has 0 heterocycles. The molecule has 21 heavy (non-hydrogen) atoms. The minimum Gasteiger partial charge on any atom is -0.372 e. The minimum absolute atomic E-state index is 0.203. The monoisotopic (exact) mass is 366 g/mol. The second-order valence-corrected chi connectivity index (χ2v) is 5.77. The number of hydrogen-bond donors (Lipinski definition) is 0. The molecule has 0 saturated heterocycles. The van der Waals surface area contributed by atoms with Crippen LogP contribution in [0.3, 0.4) is 0 Å². The van der Waals surface area contributed by atoms with E-state index in [0.29, 0.717) is 12.2 Å². The molecule has 0 aliphatic rings. The Labute approximate surface area is 133 Å². The molecule has 6 heteroatoms. The zero-order chi connectivity index (χ0) is 16.0. The van der Waals surface area contributed by atoms with Crippen molar-refractivity contribution < 1.29 is 13.2 Å². The Kier molecular flexibility index (Phi) is 7.00. The molecule has 0 amide bonds. The van der Waals surface area contributed by atoms with Crippen molar-refractivity contribution in [1.82, 2.24) is 4.90 Å². The van der Waals surface area contributed by atoms with E-state index in [2.05, 4.69) is 20.8 Å².